The minimum absolute atomic E-state index is 0. The van der Waals surface area contributed by atoms with Crippen LogP contribution in [0.5, 0.6) is 0 Å². The topological polar surface area (TPSA) is 49.3 Å². The number of nitrogens with one attached hydrogen (secondary N) is 1. The molecule has 6 nitrogen and oxygen atoms in total. The van der Waals surface area contributed by atoms with E-state index in [2.05, 4.69) is 60.3 Å². The summed E-state index contributed by atoms with van der Waals surface area (Å²) in [6, 6.07) is 8.81. The van der Waals surface area contributed by atoms with Crippen LogP contribution in [0.3, 0.4) is 0 Å². The minimum atomic E-state index is 0. The van der Waals surface area contributed by atoms with E-state index >= 15 is 0 Å². The number of aliphatic imine (C=N–C) groups is 1. The molecule has 1 unspecified atom stereocenters. The first kappa shape index (κ1) is 27.3. The molecule has 1 aromatic carbocycles. The van der Waals surface area contributed by atoms with E-state index in [4.69, 9.17) is 14.5 Å². The van der Waals surface area contributed by atoms with E-state index in [-0.39, 0.29) is 24.0 Å². The largest absolute Gasteiger partial charge is 0.376 e. The highest BCUT2D eigenvalue weighted by Gasteiger charge is 2.23. The number of piperidine rings is 1. The maximum Gasteiger partial charge on any atom is 0.194 e. The molecule has 0 aliphatic carbocycles. The van der Waals surface area contributed by atoms with Gasteiger partial charge in [0, 0.05) is 32.8 Å². The predicted octanol–water partition coefficient (Wildman–Crippen LogP) is 4.27. The number of halogens is 1. The van der Waals surface area contributed by atoms with E-state index in [1.165, 1.54) is 24.0 Å². The molecule has 0 saturated carbocycles. The number of hydrogen-bond acceptors (Lipinski definition) is 4. The molecular formula is C25H43IN4O2. The zero-order valence-electron chi connectivity index (χ0n) is 20.2. The molecule has 3 rings (SSSR count). The molecule has 2 saturated heterocycles. The van der Waals surface area contributed by atoms with Crippen molar-refractivity contribution in [3.8, 4) is 0 Å². The summed E-state index contributed by atoms with van der Waals surface area (Å²) < 4.78 is 12.0. The molecule has 2 fully saturated rings. The Bertz CT molecular complexity index is 674. The Kier molecular flexibility index (Phi) is 12.9. The second-order valence-corrected chi connectivity index (χ2v) is 8.83. The molecule has 2 aliphatic rings. The van der Waals surface area contributed by atoms with E-state index in [0.29, 0.717) is 18.8 Å². The Hall–Kier alpha value is -0.900. The summed E-state index contributed by atoms with van der Waals surface area (Å²) in [5.74, 6) is 1.02. The van der Waals surface area contributed by atoms with Crippen LogP contribution >= 0.6 is 24.0 Å². The molecule has 0 radical (unpaired) electrons. The number of nitrogens with zero attached hydrogens (tertiary/aromatic N) is 3. The fraction of sp³-hybridized carbons (Fsp3) is 0.720. The zero-order valence-corrected chi connectivity index (χ0v) is 22.6. The lowest BCUT2D eigenvalue weighted by Gasteiger charge is -2.35. The van der Waals surface area contributed by atoms with Gasteiger partial charge in [-0.2, -0.15) is 0 Å². The average Bonchev–Trinajstić information content (AvgIpc) is 2.81. The molecule has 2 aliphatic heterocycles. The van der Waals surface area contributed by atoms with E-state index in [9.17, 15) is 0 Å². The number of guanidine groups is 1. The van der Waals surface area contributed by atoms with Crippen LogP contribution in [0.1, 0.15) is 57.1 Å². The summed E-state index contributed by atoms with van der Waals surface area (Å²) in [6.07, 6.45) is 6.36. The number of rotatable bonds is 9. The van der Waals surface area contributed by atoms with Gasteiger partial charge >= 0.3 is 0 Å². The fourth-order valence-electron chi connectivity index (χ4n) is 4.26. The summed E-state index contributed by atoms with van der Waals surface area (Å²) in [6.45, 7) is 11.6. The van der Waals surface area contributed by atoms with Gasteiger partial charge in [-0.3, -0.25) is 0 Å². The molecule has 1 aromatic rings. The van der Waals surface area contributed by atoms with Gasteiger partial charge in [0.1, 0.15) is 0 Å². The van der Waals surface area contributed by atoms with Crippen LogP contribution in [0.15, 0.2) is 29.3 Å². The van der Waals surface area contributed by atoms with Crippen LogP contribution in [0.25, 0.3) is 0 Å². The van der Waals surface area contributed by atoms with Crippen molar-refractivity contribution in [3.05, 3.63) is 35.4 Å². The number of benzene rings is 1. The van der Waals surface area contributed by atoms with Crippen molar-refractivity contribution < 1.29 is 9.47 Å². The molecule has 32 heavy (non-hydrogen) atoms. The quantitative estimate of drug-likeness (QED) is 0.279. The summed E-state index contributed by atoms with van der Waals surface area (Å²) in [5, 5.41) is 3.48. The summed E-state index contributed by atoms with van der Waals surface area (Å²) in [7, 11) is 2.16. The molecule has 1 N–H and O–H groups in total. The summed E-state index contributed by atoms with van der Waals surface area (Å²) in [5.41, 5.74) is 2.62. The van der Waals surface area contributed by atoms with Gasteiger partial charge in [0.2, 0.25) is 0 Å². The molecule has 0 aromatic heterocycles. The third-order valence-corrected chi connectivity index (χ3v) is 6.26. The lowest BCUT2D eigenvalue weighted by Crippen LogP contribution is -2.47. The Morgan fingerprint density at radius 3 is 2.66 bits per heavy atom. The van der Waals surface area contributed by atoms with Crippen molar-refractivity contribution in [2.75, 3.05) is 46.4 Å². The van der Waals surface area contributed by atoms with Gasteiger partial charge in [0.05, 0.1) is 25.4 Å². The van der Waals surface area contributed by atoms with Crippen molar-refractivity contribution in [3.63, 3.8) is 0 Å². The molecule has 0 spiro atoms. The van der Waals surface area contributed by atoms with Crippen LogP contribution < -0.4 is 5.32 Å². The summed E-state index contributed by atoms with van der Waals surface area (Å²) in [4.78, 5) is 9.65. The lowest BCUT2D eigenvalue weighted by atomic mass is 10.1. The van der Waals surface area contributed by atoms with E-state index in [0.717, 1.165) is 71.2 Å². The SMILES string of the molecule is CCNC(=NCc1cccc(CN(C)CC)c1)N1CCC(OCC2CCCCO2)CC1.I. The van der Waals surface area contributed by atoms with Gasteiger partial charge in [-0.1, -0.05) is 31.2 Å². The van der Waals surface area contributed by atoms with Gasteiger partial charge in [-0.05, 0) is 63.7 Å². The van der Waals surface area contributed by atoms with Crippen molar-refractivity contribution >= 4 is 29.9 Å². The molecule has 182 valence electrons. The third-order valence-electron chi connectivity index (χ3n) is 6.26. The Labute approximate surface area is 212 Å². The monoisotopic (exact) mass is 558 g/mol. The van der Waals surface area contributed by atoms with E-state index in [1.807, 2.05) is 0 Å². The molecule has 0 bridgehead atoms. The van der Waals surface area contributed by atoms with Crippen molar-refractivity contribution in [1.82, 2.24) is 15.1 Å². The summed E-state index contributed by atoms with van der Waals surface area (Å²) >= 11 is 0. The zero-order chi connectivity index (χ0) is 21.9. The van der Waals surface area contributed by atoms with Crippen LogP contribution in [0.4, 0.5) is 0 Å². The third kappa shape index (κ3) is 9.15. The standard InChI is InChI=1S/C25H42N4O2.HI/c1-4-26-25(27-18-21-9-8-10-22(17-21)19-28(3)5-2)29-14-12-23(13-15-29)31-20-24-11-6-7-16-30-24;/h8-10,17,23-24H,4-7,11-16,18-20H2,1-3H3,(H,26,27);1H. The number of hydrogen-bond donors (Lipinski definition) is 1. The first-order valence-corrected chi connectivity index (χ1v) is 12.2. The maximum absolute atomic E-state index is 6.18. The maximum atomic E-state index is 6.18. The first-order chi connectivity index (χ1) is 15.2. The second-order valence-electron chi connectivity index (χ2n) is 8.83. The lowest BCUT2D eigenvalue weighted by molar-refractivity contribution is -0.0721. The van der Waals surface area contributed by atoms with Gasteiger partial charge in [0.15, 0.2) is 5.96 Å². The minimum Gasteiger partial charge on any atom is -0.376 e. The van der Waals surface area contributed by atoms with Gasteiger partial charge in [-0.15, -0.1) is 24.0 Å². The van der Waals surface area contributed by atoms with Crippen molar-refractivity contribution in [2.24, 2.45) is 4.99 Å². The smallest absolute Gasteiger partial charge is 0.194 e. The number of ether oxygens (including phenoxy) is 2. The van der Waals surface area contributed by atoms with Crippen molar-refractivity contribution in [1.29, 1.82) is 0 Å². The van der Waals surface area contributed by atoms with Crippen LogP contribution in [0, 0.1) is 0 Å². The molecule has 1 atom stereocenters. The Morgan fingerprint density at radius 1 is 1.19 bits per heavy atom. The van der Waals surface area contributed by atoms with Crippen LogP contribution in [-0.4, -0.2) is 74.4 Å². The van der Waals surface area contributed by atoms with E-state index in [1.54, 1.807) is 0 Å². The average molecular weight is 559 g/mol. The molecule has 0 amide bonds. The fourth-order valence-corrected chi connectivity index (χ4v) is 4.26. The normalized spacial score (nSPS) is 20.3. The first-order valence-electron chi connectivity index (χ1n) is 12.2. The molecule has 2 heterocycles. The highest BCUT2D eigenvalue weighted by Crippen LogP contribution is 2.18. The molecular weight excluding hydrogens is 515 g/mol. The van der Waals surface area contributed by atoms with Crippen molar-refractivity contribution in [2.45, 2.75) is 71.2 Å². The van der Waals surface area contributed by atoms with Crippen LogP contribution in [-0.2, 0) is 22.6 Å². The Morgan fingerprint density at radius 2 is 1.97 bits per heavy atom. The Balaban J connectivity index is 0.00000363. The highest BCUT2D eigenvalue weighted by atomic mass is 127. The predicted molar refractivity (Wildman–Crippen MR) is 143 cm³/mol. The van der Waals surface area contributed by atoms with Gasteiger partial charge in [-0.25, -0.2) is 4.99 Å². The van der Waals surface area contributed by atoms with Crippen LogP contribution in [0.2, 0.25) is 0 Å². The number of likely N-dealkylation sites (tertiary alicyclic amines) is 1. The highest BCUT2D eigenvalue weighted by molar-refractivity contribution is 14.0. The molecule has 7 heteroatoms. The van der Waals surface area contributed by atoms with Gasteiger partial charge in [0.25, 0.3) is 0 Å². The van der Waals surface area contributed by atoms with Gasteiger partial charge < -0.3 is 24.6 Å². The van der Waals surface area contributed by atoms with E-state index < -0.39 is 0 Å². The second kappa shape index (κ2) is 15.1.